The van der Waals surface area contributed by atoms with E-state index in [9.17, 15) is 9.50 Å². The third-order valence-electron chi connectivity index (χ3n) is 3.02. The number of rotatable bonds is 5. The third-order valence-corrected chi connectivity index (χ3v) is 3.02. The molecule has 2 aromatic rings. The van der Waals surface area contributed by atoms with Crippen LogP contribution in [-0.2, 0) is 6.61 Å². The maximum atomic E-state index is 14.0. The lowest BCUT2D eigenvalue weighted by Crippen LogP contribution is -2.03. The number of methoxy groups -OCH3 is 1. The van der Waals surface area contributed by atoms with Crippen LogP contribution in [0, 0.1) is 5.82 Å². The quantitative estimate of drug-likeness (QED) is 0.908. The Bertz CT molecular complexity index is 582. The Labute approximate surface area is 117 Å². The van der Waals surface area contributed by atoms with Crippen molar-refractivity contribution in [2.45, 2.75) is 19.6 Å². The molecule has 3 nitrogen and oxygen atoms in total. The number of para-hydroxylation sites is 1. The number of hydrogen-bond acceptors (Lipinski definition) is 3. The fraction of sp³-hybridized carbons (Fsp3) is 0.250. The molecular weight excluding hydrogens is 259 g/mol. The first kappa shape index (κ1) is 14.3. The highest BCUT2D eigenvalue weighted by Gasteiger charge is 2.11. The molecule has 0 fully saturated rings. The molecule has 2 rings (SSSR count). The van der Waals surface area contributed by atoms with Crippen molar-refractivity contribution >= 4 is 0 Å². The van der Waals surface area contributed by atoms with Gasteiger partial charge in [0.05, 0.1) is 13.2 Å². The van der Waals surface area contributed by atoms with Crippen LogP contribution in [0.5, 0.6) is 11.5 Å². The molecule has 20 heavy (non-hydrogen) atoms. The second-order valence-electron chi connectivity index (χ2n) is 4.44. The van der Waals surface area contributed by atoms with Gasteiger partial charge >= 0.3 is 0 Å². The average Bonchev–Trinajstić information content (AvgIpc) is 2.46. The van der Waals surface area contributed by atoms with Crippen molar-refractivity contribution in [1.82, 2.24) is 0 Å². The van der Waals surface area contributed by atoms with Crippen molar-refractivity contribution in [3.05, 3.63) is 59.4 Å². The number of halogens is 1. The molecule has 1 N–H and O–H groups in total. The van der Waals surface area contributed by atoms with E-state index < -0.39 is 11.9 Å². The van der Waals surface area contributed by atoms with E-state index in [0.717, 1.165) is 0 Å². The minimum absolute atomic E-state index is 0.0762. The summed E-state index contributed by atoms with van der Waals surface area (Å²) in [5.41, 5.74) is 1.08. The molecule has 0 aliphatic rings. The molecule has 0 bridgehead atoms. The Morgan fingerprint density at radius 1 is 1.10 bits per heavy atom. The monoisotopic (exact) mass is 276 g/mol. The molecular formula is C16H17FO3. The summed E-state index contributed by atoms with van der Waals surface area (Å²) in [6.07, 6.45) is -0.638. The van der Waals surface area contributed by atoms with Crippen LogP contribution >= 0.6 is 0 Å². The average molecular weight is 276 g/mol. The van der Waals surface area contributed by atoms with E-state index in [0.29, 0.717) is 16.9 Å². The lowest BCUT2D eigenvalue weighted by atomic mass is 10.1. The standard InChI is InChI=1S/C16H17FO3/c1-11(18)13-7-3-4-8-14(13)20-10-12-6-5-9-15(19-2)16(12)17/h3-9,11,18H,10H2,1-2H3. The van der Waals surface area contributed by atoms with Gasteiger partial charge in [0.1, 0.15) is 12.4 Å². The van der Waals surface area contributed by atoms with Crippen LogP contribution < -0.4 is 9.47 Å². The number of aliphatic hydroxyl groups is 1. The van der Waals surface area contributed by atoms with E-state index in [1.54, 1.807) is 37.3 Å². The van der Waals surface area contributed by atoms with Gasteiger partial charge in [0, 0.05) is 11.1 Å². The molecule has 0 saturated heterocycles. The minimum atomic E-state index is -0.638. The van der Waals surface area contributed by atoms with Crippen molar-refractivity contribution in [3.63, 3.8) is 0 Å². The van der Waals surface area contributed by atoms with Gasteiger partial charge < -0.3 is 14.6 Å². The summed E-state index contributed by atoms with van der Waals surface area (Å²) in [7, 11) is 1.42. The lowest BCUT2D eigenvalue weighted by Gasteiger charge is -2.14. The maximum absolute atomic E-state index is 14.0. The van der Waals surface area contributed by atoms with Gasteiger partial charge in [-0.15, -0.1) is 0 Å². The fourth-order valence-electron chi connectivity index (χ4n) is 1.94. The van der Waals surface area contributed by atoms with Crippen LogP contribution in [0.2, 0.25) is 0 Å². The van der Waals surface area contributed by atoms with E-state index in [1.165, 1.54) is 7.11 Å². The molecule has 0 saturated carbocycles. The molecule has 0 spiro atoms. The zero-order valence-electron chi connectivity index (χ0n) is 11.5. The van der Waals surface area contributed by atoms with Gasteiger partial charge in [-0.2, -0.15) is 0 Å². The first-order valence-corrected chi connectivity index (χ1v) is 6.34. The first-order valence-electron chi connectivity index (χ1n) is 6.34. The third kappa shape index (κ3) is 3.08. The maximum Gasteiger partial charge on any atom is 0.171 e. The molecule has 0 aliphatic carbocycles. The molecule has 0 radical (unpaired) electrons. The predicted molar refractivity (Wildman–Crippen MR) is 74.4 cm³/mol. The van der Waals surface area contributed by atoms with Gasteiger partial charge in [0.15, 0.2) is 11.6 Å². The van der Waals surface area contributed by atoms with E-state index in [-0.39, 0.29) is 12.4 Å². The molecule has 0 amide bonds. The second-order valence-corrected chi connectivity index (χ2v) is 4.44. The van der Waals surface area contributed by atoms with Crippen molar-refractivity contribution in [2.24, 2.45) is 0 Å². The Kier molecular flexibility index (Phi) is 4.58. The number of ether oxygens (including phenoxy) is 2. The molecule has 0 heterocycles. The van der Waals surface area contributed by atoms with Crippen LogP contribution in [0.15, 0.2) is 42.5 Å². The molecule has 1 unspecified atom stereocenters. The van der Waals surface area contributed by atoms with Crippen LogP contribution in [0.25, 0.3) is 0 Å². The van der Waals surface area contributed by atoms with Crippen molar-refractivity contribution < 1.29 is 19.0 Å². The summed E-state index contributed by atoms with van der Waals surface area (Å²) in [6, 6.07) is 12.1. The Morgan fingerprint density at radius 3 is 2.50 bits per heavy atom. The van der Waals surface area contributed by atoms with Crippen LogP contribution in [0.1, 0.15) is 24.2 Å². The summed E-state index contributed by atoms with van der Waals surface area (Å²) in [5.74, 6) is 0.309. The largest absolute Gasteiger partial charge is 0.494 e. The van der Waals surface area contributed by atoms with E-state index >= 15 is 0 Å². The van der Waals surface area contributed by atoms with E-state index in [1.807, 2.05) is 12.1 Å². The fourth-order valence-corrected chi connectivity index (χ4v) is 1.94. The van der Waals surface area contributed by atoms with E-state index in [4.69, 9.17) is 9.47 Å². The normalized spacial score (nSPS) is 12.0. The van der Waals surface area contributed by atoms with Gasteiger partial charge in [-0.25, -0.2) is 4.39 Å². The van der Waals surface area contributed by atoms with E-state index in [2.05, 4.69) is 0 Å². The highest BCUT2D eigenvalue weighted by atomic mass is 19.1. The predicted octanol–water partition coefficient (Wildman–Crippen LogP) is 3.47. The van der Waals surface area contributed by atoms with Crippen molar-refractivity contribution in [2.75, 3.05) is 7.11 Å². The van der Waals surface area contributed by atoms with Crippen molar-refractivity contribution in [3.8, 4) is 11.5 Å². The smallest absolute Gasteiger partial charge is 0.171 e. The van der Waals surface area contributed by atoms with Gasteiger partial charge in [-0.3, -0.25) is 0 Å². The molecule has 0 aromatic heterocycles. The first-order chi connectivity index (χ1) is 9.63. The van der Waals surface area contributed by atoms with Gasteiger partial charge in [-0.05, 0) is 19.1 Å². The molecule has 2 aromatic carbocycles. The zero-order valence-corrected chi connectivity index (χ0v) is 11.5. The zero-order chi connectivity index (χ0) is 14.5. The Hall–Kier alpha value is -2.07. The summed E-state index contributed by atoms with van der Waals surface area (Å²) < 4.78 is 24.5. The molecule has 1 atom stereocenters. The number of hydrogen-bond donors (Lipinski definition) is 1. The van der Waals surface area contributed by atoms with Crippen LogP contribution in [-0.4, -0.2) is 12.2 Å². The Balaban J connectivity index is 2.17. The number of aliphatic hydroxyl groups excluding tert-OH is 1. The SMILES string of the molecule is COc1cccc(COc2ccccc2C(C)O)c1F. The van der Waals surface area contributed by atoms with Gasteiger partial charge in [0.25, 0.3) is 0 Å². The number of benzene rings is 2. The van der Waals surface area contributed by atoms with Crippen LogP contribution in [0.3, 0.4) is 0 Å². The summed E-state index contributed by atoms with van der Waals surface area (Å²) in [4.78, 5) is 0. The Morgan fingerprint density at radius 2 is 1.80 bits per heavy atom. The van der Waals surface area contributed by atoms with Crippen molar-refractivity contribution in [1.29, 1.82) is 0 Å². The van der Waals surface area contributed by atoms with Crippen LogP contribution in [0.4, 0.5) is 4.39 Å². The topological polar surface area (TPSA) is 38.7 Å². The highest BCUT2D eigenvalue weighted by Crippen LogP contribution is 2.26. The summed E-state index contributed by atoms with van der Waals surface area (Å²) in [5, 5.41) is 9.66. The molecule has 106 valence electrons. The summed E-state index contributed by atoms with van der Waals surface area (Å²) in [6.45, 7) is 1.74. The minimum Gasteiger partial charge on any atom is -0.494 e. The van der Waals surface area contributed by atoms with Gasteiger partial charge in [0.2, 0.25) is 0 Å². The second kappa shape index (κ2) is 6.39. The highest BCUT2D eigenvalue weighted by molar-refractivity contribution is 5.36. The molecule has 4 heteroatoms. The van der Waals surface area contributed by atoms with Gasteiger partial charge in [-0.1, -0.05) is 30.3 Å². The summed E-state index contributed by atoms with van der Waals surface area (Å²) >= 11 is 0. The lowest BCUT2D eigenvalue weighted by molar-refractivity contribution is 0.189. The molecule has 0 aliphatic heterocycles.